The first kappa shape index (κ1) is 21.9. The number of carbonyl (C=O) groups is 1. The summed E-state index contributed by atoms with van der Waals surface area (Å²) < 4.78 is 7.48. The summed E-state index contributed by atoms with van der Waals surface area (Å²) in [7, 11) is 3.56. The number of nitriles is 1. The Balaban J connectivity index is 1.74. The minimum Gasteiger partial charge on any atom is -0.497 e. The predicted molar refractivity (Wildman–Crippen MR) is 119 cm³/mol. The van der Waals surface area contributed by atoms with Gasteiger partial charge in [-0.2, -0.15) is 5.26 Å². The van der Waals surface area contributed by atoms with Crippen LogP contribution in [-0.2, 0) is 11.3 Å². The van der Waals surface area contributed by atoms with Crippen molar-refractivity contribution >= 4 is 11.7 Å². The molecule has 1 amide bonds. The lowest BCUT2D eigenvalue weighted by Crippen LogP contribution is -2.31. The lowest BCUT2D eigenvalue weighted by atomic mass is 9.95. The highest BCUT2D eigenvalue weighted by molar-refractivity contribution is 5.93. The molecule has 0 saturated heterocycles. The molecule has 6 heteroatoms. The average molecular weight is 409 g/mol. The van der Waals surface area contributed by atoms with Crippen LogP contribution in [0.15, 0.2) is 24.3 Å². The monoisotopic (exact) mass is 408 g/mol. The van der Waals surface area contributed by atoms with Crippen LogP contribution in [0.25, 0.3) is 0 Å². The number of anilines is 1. The first-order valence-electron chi connectivity index (χ1n) is 10.7. The summed E-state index contributed by atoms with van der Waals surface area (Å²) in [6, 6.07) is 10.5. The van der Waals surface area contributed by atoms with Crippen molar-refractivity contribution in [2.24, 2.45) is 0 Å². The number of nitrogens with zero attached hydrogens (tertiary/aromatic N) is 3. The van der Waals surface area contributed by atoms with Gasteiger partial charge in [0.1, 0.15) is 17.6 Å². The maximum absolute atomic E-state index is 12.9. The lowest BCUT2D eigenvalue weighted by Gasteiger charge is -2.27. The van der Waals surface area contributed by atoms with Gasteiger partial charge in [-0.05, 0) is 57.0 Å². The molecule has 1 N–H and O–H groups in total. The van der Waals surface area contributed by atoms with Gasteiger partial charge in [0.25, 0.3) is 0 Å². The number of benzene rings is 1. The average Bonchev–Trinajstić information content (AvgIpc) is 2.97. The van der Waals surface area contributed by atoms with E-state index < -0.39 is 0 Å². The van der Waals surface area contributed by atoms with Gasteiger partial charge in [-0.3, -0.25) is 9.69 Å². The summed E-state index contributed by atoms with van der Waals surface area (Å²) in [6.07, 6.45) is 5.84. The molecule has 6 nitrogen and oxygen atoms in total. The van der Waals surface area contributed by atoms with Gasteiger partial charge in [-0.15, -0.1) is 0 Å². The zero-order valence-corrected chi connectivity index (χ0v) is 18.5. The molecule has 0 spiro atoms. The van der Waals surface area contributed by atoms with E-state index in [1.807, 2.05) is 43.1 Å². The van der Waals surface area contributed by atoms with Crippen LogP contribution >= 0.6 is 0 Å². The molecular formula is C24H32N4O2. The van der Waals surface area contributed by atoms with E-state index in [0.717, 1.165) is 35.4 Å². The summed E-state index contributed by atoms with van der Waals surface area (Å²) in [5.74, 6) is 1.37. The third-order valence-electron chi connectivity index (χ3n) is 6.07. The second-order valence-electron chi connectivity index (χ2n) is 8.28. The van der Waals surface area contributed by atoms with Crippen LogP contribution in [0.3, 0.4) is 0 Å². The molecule has 1 aromatic heterocycles. The topological polar surface area (TPSA) is 70.3 Å². The number of hydrogen-bond donors (Lipinski definition) is 1. The van der Waals surface area contributed by atoms with Gasteiger partial charge in [0, 0.05) is 18.3 Å². The van der Waals surface area contributed by atoms with Crippen molar-refractivity contribution in [2.45, 2.75) is 58.5 Å². The smallest absolute Gasteiger partial charge is 0.239 e. The molecule has 1 heterocycles. The van der Waals surface area contributed by atoms with E-state index in [9.17, 15) is 10.1 Å². The van der Waals surface area contributed by atoms with Crippen LogP contribution in [0.4, 0.5) is 5.82 Å². The van der Waals surface area contributed by atoms with E-state index >= 15 is 0 Å². The Morgan fingerprint density at radius 1 is 1.30 bits per heavy atom. The van der Waals surface area contributed by atoms with Gasteiger partial charge in [-0.25, -0.2) is 0 Å². The molecule has 1 aliphatic carbocycles. The first-order chi connectivity index (χ1) is 14.4. The number of methoxy groups -OCH3 is 1. The Morgan fingerprint density at radius 3 is 2.70 bits per heavy atom. The Morgan fingerprint density at radius 2 is 2.03 bits per heavy atom. The molecule has 1 saturated carbocycles. The standard InChI is InChI=1S/C24H32N4O2/c1-17-18(2)28(20-10-6-5-7-11-20)24(22(17)14-25)26-23(29)16-27(3)15-19-9-8-12-21(13-19)30-4/h8-9,12-13,20H,5-7,10-11,15-16H2,1-4H3,(H,26,29). The van der Waals surface area contributed by atoms with Crippen molar-refractivity contribution in [3.63, 3.8) is 0 Å². The van der Waals surface area contributed by atoms with Crippen molar-refractivity contribution in [1.29, 1.82) is 5.26 Å². The number of aromatic nitrogens is 1. The summed E-state index contributed by atoms with van der Waals surface area (Å²) in [4.78, 5) is 14.8. The van der Waals surface area contributed by atoms with Gasteiger partial charge in [-0.1, -0.05) is 31.4 Å². The fraction of sp³-hybridized carbons (Fsp3) is 0.500. The predicted octanol–water partition coefficient (Wildman–Crippen LogP) is 4.56. The van der Waals surface area contributed by atoms with Crippen LogP contribution < -0.4 is 10.1 Å². The number of nitrogens with one attached hydrogen (secondary N) is 1. The van der Waals surface area contributed by atoms with Crippen molar-refractivity contribution < 1.29 is 9.53 Å². The molecule has 3 rings (SSSR count). The molecular weight excluding hydrogens is 376 g/mol. The second kappa shape index (κ2) is 9.82. The maximum Gasteiger partial charge on any atom is 0.239 e. The number of hydrogen-bond acceptors (Lipinski definition) is 4. The Bertz CT molecular complexity index is 935. The molecule has 0 radical (unpaired) electrons. The molecule has 0 aliphatic heterocycles. The van der Waals surface area contributed by atoms with Gasteiger partial charge in [0.05, 0.1) is 19.2 Å². The number of rotatable bonds is 7. The maximum atomic E-state index is 12.9. The lowest BCUT2D eigenvalue weighted by molar-refractivity contribution is -0.117. The number of carbonyl (C=O) groups excluding carboxylic acids is 1. The molecule has 1 aromatic carbocycles. The van der Waals surface area contributed by atoms with Crippen molar-refractivity contribution in [3.05, 3.63) is 46.6 Å². The molecule has 0 bridgehead atoms. The second-order valence-corrected chi connectivity index (χ2v) is 8.28. The molecule has 1 aliphatic rings. The minimum absolute atomic E-state index is 0.105. The largest absolute Gasteiger partial charge is 0.497 e. The van der Waals surface area contributed by atoms with Gasteiger partial charge in [0.2, 0.25) is 5.91 Å². The summed E-state index contributed by atoms with van der Waals surface area (Å²) in [5, 5.41) is 12.8. The summed E-state index contributed by atoms with van der Waals surface area (Å²) in [5.41, 5.74) is 3.71. The Kier molecular flexibility index (Phi) is 7.17. The van der Waals surface area contributed by atoms with Crippen molar-refractivity contribution in [2.75, 3.05) is 26.0 Å². The summed E-state index contributed by atoms with van der Waals surface area (Å²) in [6.45, 7) is 4.90. The SMILES string of the molecule is COc1cccc(CN(C)CC(=O)Nc2c(C#N)c(C)c(C)n2C2CCCCC2)c1. The third kappa shape index (κ3) is 4.85. The van der Waals surface area contributed by atoms with E-state index in [-0.39, 0.29) is 12.5 Å². The molecule has 0 atom stereocenters. The van der Waals surface area contributed by atoms with Crippen LogP contribution in [0.1, 0.15) is 60.5 Å². The highest BCUT2D eigenvalue weighted by atomic mass is 16.5. The zero-order chi connectivity index (χ0) is 21.7. The fourth-order valence-electron chi connectivity index (χ4n) is 4.44. The Labute approximate surface area is 179 Å². The van der Waals surface area contributed by atoms with E-state index in [1.165, 1.54) is 19.3 Å². The van der Waals surface area contributed by atoms with E-state index in [0.29, 0.717) is 24.0 Å². The van der Waals surface area contributed by atoms with Crippen LogP contribution in [0, 0.1) is 25.2 Å². The minimum atomic E-state index is -0.105. The number of likely N-dealkylation sites (N-methyl/N-ethyl adjacent to an activating group) is 1. The number of ether oxygens (including phenoxy) is 1. The van der Waals surface area contributed by atoms with Gasteiger partial charge < -0.3 is 14.6 Å². The fourth-order valence-corrected chi connectivity index (χ4v) is 4.44. The molecule has 30 heavy (non-hydrogen) atoms. The molecule has 1 fully saturated rings. The van der Waals surface area contributed by atoms with Crippen molar-refractivity contribution in [3.8, 4) is 11.8 Å². The molecule has 0 unspecified atom stereocenters. The van der Waals surface area contributed by atoms with Gasteiger partial charge >= 0.3 is 0 Å². The quantitative estimate of drug-likeness (QED) is 0.729. The van der Waals surface area contributed by atoms with Gasteiger partial charge in [0.15, 0.2) is 0 Å². The van der Waals surface area contributed by atoms with E-state index in [2.05, 4.69) is 22.9 Å². The summed E-state index contributed by atoms with van der Waals surface area (Å²) >= 11 is 0. The van der Waals surface area contributed by atoms with E-state index in [1.54, 1.807) is 7.11 Å². The third-order valence-corrected chi connectivity index (χ3v) is 6.07. The number of amides is 1. The Hall–Kier alpha value is -2.78. The molecule has 2 aromatic rings. The first-order valence-corrected chi connectivity index (χ1v) is 10.7. The van der Waals surface area contributed by atoms with Crippen LogP contribution in [-0.4, -0.2) is 36.1 Å². The van der Waals surface area contributed by atoms with E-state index in [4.69, 9.17) is 4.74 Å². The highest BCUT2D eigenvalue weighted by Gasteiger charge is 2.26. The van der Waals surface area contributed by atoms with Crippen LogP contribution in [0.5, 0.6) is 5.75 Å². The molecule has 160 valence electrons. The van der Waals surface area contributed by atoms with Crippen molar-refractivity contribution in [1.82, 2.24) is 9.47 Å². The normalized spacial score (nSPS) is 14.5. The zero-order valence-electron chi connectivity index (χ0n) is 18.5. The highest BCUT2D eigenvalue weighted by Crippen LogP contribution is 2.36. The van der Waals surface area contributed by atoms with Crippen LogP contribution in [0.2, 0.25) is 0 Å².